The zero-order valence-electron chi connectivity index (χ0n) is 14.9. The van der Waals surface area contributed by atoms with Gasteiger partial charge in [-0.1, -0.05) is 13.8 Å². The molecule has 1 heterocycles. The van der Waals surface area contributed by atoms with E-state index in [1.54, 1.807) is 11.3 Å². The Morgan fingerprint density at radius 2 is 2.21 bits per heavy atom. The number of carbonyl (C=O) groups excluding carboxylic acids is 1. The van der Waals surface area contributed by atoms with Crippen molar-refractivity contribution in [2.24, 2.45) is 4.99 Å². The van der Waals surface area contributed by atoms with Crippen LogP contribution < -0.4 is 16.0 Å². The predicted octanol–water partition coefficient (Wildman–Crippen LogP) is 2.38. The van der Waals surface area contributed by atoms with Crippen molar-refractivity contribution >= 4 is 23.2 Å². The zero-order valence-corrected chi connectivity index (χ0v) is 15.7. The lowest BCUT2D eigenvalue weighted by Gasteiger charge is -2.11. The number of rotatable bonds is 9. The molecule has 0 radical (unpaired) electrons. The molecule has 1 aliphatic carbocycles. The van der Waals surface area contributed by atoms with E-state index in [4.69, 9.17) is 0 Å². The largest absolute Gasteiger partial charge is 0.357 e. The molecule has 0 unspecified atom stereocenters. The molecule has 1 saturated carbocycles. The van der Waals surface area contributed by atoms with Gasteiger partial charge in [0.2, 0.25) is 5.91 Å². The summed E-state index contributed by atoms with van der Waals surface area (Å²) in [6.07, 6.45) is 3.64. The van der Waals surface area contributed by atoms with E-state index in [2.05, 4.69) is 45.2 Å². The molecule has 134 valence electrons. The van der Waals surface area contributed by atoms with Crippen molar-refractivity contribution in [2.45, 2.75) is 65.0 Å². The van der Waals surface area contributed by atoms with Crippen LogP contribution in [-0.4, -0.2) is 36.0 Å². The molecule has 1 aliphatic rings. The van der Waals surface area contributed by atoms with Crippen molar-refractivity contribution < 1.29 is 4.79 Å². The van der Waals surface area contributed by atoms with Gasteiger partial charge in [-0.25, -0.2) is 9.98 Å². The second kappa shape index (κ2) is 9.61. The number of hydrogen-bond donors (Lipinski definition) is 3. The Morgan fingerprint density at radius 3 is 2.83 bits per heavy atom. The summed E-state index contributed by atoms with van der Waals surface area (Å²) in [4.78, 5) is 20.8. The van der Waals surface area contributed by atoms with E-state index in [0.717, 1.165) is 49.0 Å². The standard InChI is InChI=1S/C17H29N5OS/c1-4-18-17(19-9-5-6-15(23)21-13-7-8-13)20-10-16-22-14(11-24-16)12(2)3/h11-13H,4-10H2,1-3H3,(H,21,23)(H2,18,19,20). The van der Waals surface area contributed by atoms with Gasteiger partial charge in [0.15, 0.2) is 5.96 Å². The highest BCUT2D eigenvalue weighted by Crippen LogP contribution is 2.19. The molecule has 0 saturated heterocycles. The Labute approximate surface area is 148 Å². The molecule has 1 amide bonds. The monoisotopic (exact) mass is 351 g/mol. The van der Waals surface area contributed by atoms with Crippen LogP contribution >= 0.6 is 11.3 Å². The molecule has 0 aliphatic heterocycles. The summed E-state index contributed by atoms with van der Waals surface area (Å²) in [6, 6.07) is 0.443. The van der Waals surface area contributed by atoms with E-state index in [-0.39, 0.29) is 5.91 Å². The molecular weight excluding hydrogens is 322 g/mol. The van der Waals surface area contributed by atoms with Crippen LogP contribution in [0.3, 0.4) is 0 Å². The van der Waals surface area contributed by atoms with Crippen LogP contribution in [0.1, 0.15) is 63.1 Å². The molecule has 7 heteroatoms. The second-order valence-corrected chi connectivity index (χ2v) is 7.33. The van der Waals surface area contributed by atoms with Crippen molar-refractivity contribution in [3.8, 4) is 0 Å². The quantitative estimate of drug-likeness (QED) is 0.363. The van der Waals surface area contributed by atoms with Gasteiger partial charge >= 0.3 is 0 Å². The summed E-state index contributed by atoms with van der Waals surface area (Å²) in [5.41, 5.74) is 1.13. The molecule has 0 aromatic carbocycles. The Hall–Kier alpha value is -1.63. The van der Waals surface area contributed by atoms with Crippen molar-refractivity contribution in [3.05, 3.63) is 16.1 Å². The third-order valence-corrected chi connectivity index (χ3v) is 4.55. The Balaban J connectivity index is 1.71. The molecule has 1 aromatic heterocycles. The minimum absolute atomic E-state index is 0.158. The first kappa shape index (κ1) is 18.7. The molecule has 3 N–H and O–H groups in total. The summed E-state index contributed by atoms with van der Waals surface area (Å²) in [5.74, 6) is 1.39. The molecule has 24 heavy (non-hydrogen) atoms. The van der Waals surface area contributed by atoms with Crippen LogP contribution in [-0.2, 0) is 11.3 Å². The zero-order chi connectivity index (χ0) is 17.4. The Morgan fingerprint density at radius 1 is 1.42 bits per heavy atom. The highest BCUT2D eigenvalue weighted by Gasteiger charge is 2.22. The summed E-state index contributed by atoms with van der Waals surface area (Å²) in [7, 11) is 0. The third-order valence-electron chi connectivity index (χ3n) is 3.69. The minimum atomic E-state index is 0.158. The third kappa shape index (κ3) is 6.86. The van der Waals surface area contributed by atoms with Gasteiger partial charge in [0.05, 0.1) is 12.2 Å². The number of thiazole rings is 1. The SMILES string of the molecule is CCNC(=NCc1nc(C(C)C)cs1)NCCCC(=O)NC1CC1. The lowest BCUT2D eigenvalue weighted by Crippen LogP contribution is -2.38. The number of aromatic nitrogens is 1. The highest BCUT2D eigenvalue weighted by atomic mass is 32.1. The average Bonchev–Trinajstić information content (AvgIpc) is 3.22. The van der Waals surface area contributed by atoms with Gasteiger partial charge in [0, 0.05) is 30.9 Å². The van der Waals surface area contributed by atoms with Crippen molar-refractivity contribution in [3.63, 3.8) is 0 Å². The van der Waals surface area contributed by atoms with Gasteiger partial charge in [-0.15, -0.1) is 11.3 Å². The van der Waals surface area contributed by atoms with E-state index in [9.17, 15) is 4.79 Å². The smallest absolute Gasteiger partial charge is 0.220 e. The lowest BCUT2D eigenvalue weighted by atomic mass is 10.2. The van der Waals surface area contributed by atoms with E-state index in [1.165, 1.54) is 0 Å². The summed E-state index contributed by atoms with van der Waals surface area (Å²) in [5, 5.41) is 12.6. The Bertz CT molecular complexity index is 551. The molecule has 1 aromatic rings. The van der Waals surface area contributed by atoms with Crippen LogP contribution in [0, 0.1) is 0 Å². The van der Waals surface area contributed by atoms with E-state index >= 15 is 0 Å². The normalized spacial score (nSPS) is 14.8. The van der Waals surface area contributed by atoms with Gasteiger partial charge in [-0.2, -0.15) is 0 Å². The minimum Gasteiger partial charge on any atom is -0.357 e. The second-order valence-electron chi connectivity index (χ2n) is 6.39. The van der Waals surface area contributed by atoms with Gasteiger partial charge in [-0.05, 0) is 32.1 Å². The summed E-state index contributed by atoms with van der Waals surface area (Å²) < 4.78 is 0. The average molecular weight is 352 g/mol. The van der Waals surface area contributed by atoms with Crippen LogP contribution in [0.5, 0.6) is 0 Å². The maximum absolute atomic E-state index is 11.6. The first-order chi connectivity index (χ1) is 11.6. The molecule has 0 spiro atoms. The first-order valence-corrected chi connectivity index (χ1v) is 9.72. The van der Waals surface area contributed by atoms with Crippen molar-refractivity contribution in [1.29, 1.82) is 0 Å². The fraction of sp³-hybridized carbons (Fsp3) is 0.706. The van der Waals surface area contributed by atoms with Crippen molar-refractivity contribution in [2.75, 3.05) is 13.1 Å². The maximum Gasteiger partial charge on any atom is 0.220 e. The number of carbonyl (C=O) groups is 1. The molecule has 0 atom stereocenters. The summed E-state index contributed by atoms with van der Waals surface area (Å²) >= 11 is 1.66. The lowest BCUT2D eigenvalue weighted by molar-refractivity contribution is -0.121. The number of amides is 1. The first-order valence-electron chi connectivity index (χ1n) is 8.84. The van der Waals surface area contributed by atoms with E-state index in [1.807, 2.05) is 6.92 Å². The van der Waals surface area contributed by atoms with Crippen LogP contribution in [0.15, 0.2) is 10.4 Å². The van der Waals surface area contributed by atoms with E-state index < -0.39 is 0 Å². The van der Waals surface area contributed by atoms with Crippen LogP contribution in [0.25, 0.3) is 0 Å². The highest BCUT2D eigenvalue weighted by molar-refractivity contribution is 7.09. The molecular formula is C17H29N5OS. The number of guanidine groups is 1. The fourth-order valence-electron chi connectivity index (χ4n) is 2.13. The van der Waals surface area contributed by atoms with Crippen LogP contribution in [0.2, 0.25) is 0 Å². The van der Waals surface area contributed by atoms with Gasteiger partial charge < -0.3 is 16.0 Å². The molecule has 1 fully saturated rings. The topological polar surface area (TPSA) is 78.4 Å². The molecule has 0 bridgehead atoms. The van der Waals surface area contributed by atoms with Gasteiger partial charge in [0.25, 0.3) is 0 Å². The summed E-state index contributed by atoms with van der Waals surface area (Å²) in [6.45, 7) is 8.46. The fourth-order valence-corrected chi connectivity index (χ4v) is 3.01. The van der Waals surface area contributed by atoms with Gasteiger partial charge in [-0.3, -0.25) is 4.79 Å². The van der Waals surface area contributed by atoms with Gasteiger partial charge in [0.1, 0.15) is 5.01 Å². The predicted molar refractivity (Wildman–Crippen MR) is 99.4 cm³/mol. The maximum atomic E-state index is 11.6. The molecule has 6 nitrogen and oxygen atoms in total. The van der Waals surface area contributed by atoms with E-state index in [0.29, 0.717) is 24.9 Å². The Kier molecular flexibility index (Phi) is 7.49. The number of aliphatic imine (C=N–C) groups is 1. The number of nitrogens with zero attached hydrogens (tertiary/aromatic N) is 2. The van der Waals surface area contributed by atoms with Crippen LogP contribution in [0.4, 0.5) is 0 Å². The number of hydrogen-bond acceptors (Lipinski definition) is 4. The number of nitrogens with one attached hydrogen (secondary N) is 3. The molecule has 2 rings (SSSR count). The van der Waals surface area contributed by atoms with Crippen molar-refractivity contribution in [1.82, 2.24) is 20.9 Å².